The molecule has 3 heteroatoms. The van der Waals surface area contributed by atoms with Gasteiger partial charge in [0.25, 0.3) is 0 Å². The molecule has 2 unspecified atom stereocenters. The molecule has 2 N–H and O–H groups in total. The largest absolute Gasteiger partial charge is 0.329 e. The first kappa shape index (κ1) is 15.5. The average molecular weight is 278 g/mol. The Balaban J connectivity index is 2.21. The van der Waals surface area contributed by atoms with Gasteiger partial charge in [0.1, 0.15) is 5.82 Å². The van der Waals surface area contributed by atoms with Gasteiger partial charge < -0.3 is 5.73 Å². The standard InChI is InChI=1S/C17H27FN2/c1-3-15-9-6-7-11-20(15)17(2,13-19)12-14-8-4-5-10-16(14)18/h4-5,8,10,15H,3,6-7,9,11-13,19H2,1-2H3. The molecule has 1 aromatic rings. The number of likely N-dealkylation sites (tertiary alicyclic amines) is 1. The second-order valence-electron chi connectivity index (χ2n) is 6.22. The van der Waals surface area contributed by atoms with Crippen LogP contribution in [-0.2, 0) is 6.42 Å². The minimum Gasteiger partial charge on any atom is -0.329 e. The smallest absolute Gasteiger partial charge is 0.126 e. The van der Waals surface area contributed by atoms with Gasteiger partial charge >= 0.3 is 0 Å². The number of hydrogen-bond donors (Lipinski definition) is 1. The number of nitrogens with zero attached hydrogens (tertiary/aromatic N) is 1. The molecule has 0 aliphatic carbocycles. The van der Waals surface area contributed by atoms with Gasteiger partial charge in [0, 0.05) is 18.1 Å². The summed E-state index contributed by atoms with van der Waals surface area (Å²) in [4.78, 5) is 2.53. The Morgan fingerprint density at radius 1 is 1.35 bits per heavy atom. The molecule has 20 heavy (non-hydrogen) atoms. The maximum atomic E-state index is 13.9. The third kappa shape index (κ3) is 3.21. The van der Waals surface area contributed by atoms with Gasteiger partial charge in [-0.3, -0.25) is 4.90 Å². The number of nitrogens with two attached hydrogens (primary N) is 1. The SMILES string of the molecule is CCC1CCCCN1C(C)(CN)Cc1ccccc1F. The molecule has 1 aromatic carbocycles. The highest BCUT2D eigenvalue weighted by Gasteiger charge is 2.36. The van der Waals surface area contributed by atoms with E-state index >= 15 is 0 Å². The number of rotatable bonds is 5. The zero-order valence-corrected chi connectivity index (χ0v) is 12.7. The highest BCUT2D eigenvalue weighted by molar-refractivity contribution is 5.20. The molecule has 112 valence electrons. The molecule has 2 rings (SSSR count). The summed E-state index contributed by atoms with van der Waals surface area (Å²) in [7, 11) is 0. The molecular weight excluding hydrogens is 251 g/mol. The third-order valence-corrected chi connectivity index (χ3v) is 4.76. The van der Waals surface area contributed by atoms with Crippen molar-refractivity contribution in [3.05, 3.63) is 35.6 Å². The fourth-order valence-electron chi connectivity index (χ4n) is 3.48. The summed E-state index contributed by atoms with van der Waals surface area (Å²) < 4.78 is 13.9. The number of piperidine rings is 1. The summed E-state index contributed by atoms with van der Waals surface area (Å²) in [6.07, 6.45) is 5.60. The van der Waals surface area contributed by atoms with Gasteiger partial charge in [0.15, 0.2) is 0 Å². The van der Waals surface area contributed by atoms with Gasteiger partial charge in [-0.1, -0.05) is 31.5 Å². The van der Waals surface area contributed by atoms with E-state index in [0.717, 1.165) is 18.5 Å². The lowest BCUT2D eigenvalue weighted by atomic mass is 9.85. The molecule has 0 amide bonds. The van der Waals surface area contributed by atoms with Crippen LogP contribution in [0, 0.1) is 5.82 Å². The van der Waals surface area contributed by atoms with E-state index in [0.29, 0.717) is 19.0 Å². The van der Waals surface area contributed by atoms with Crippen molar-refractivity contribution in [2.24, 2.45) is 5.73 Å². The zero-order chi connectivity index (χ0) is 14.6. The highest BCUT2D eigenvalue weighted by atomic mass is 19.1. The quantitative estimate of drug-likeness (QED) is 0.895. The van der Waals surface area contributed by atoms with E-state index in [-0.39, 0.29) is 11.4 Å². The third-order valence-electron chi connectivity index (χ3n) is 4.76. The van der Waals surface area contributed by atoms with E-state index in [4.69, 9.17) is 5.73 Å². The Bertz CT molecular complexity index is 435. The predicted octanol–water partition coefficient (Wildman–Crippen LogP) is 3.35. The Morgan fingerprint density at radius 3 is 2.75 bits per heavy atom. The molecule has 2 nitrogen and oxygen atoms in total. The highest BCUT2D eigenvalue weighted by Crippen LogP contribution is 2.30. The van der Waals surface area contributed by atoms with E-state index in [1.807, 2.05) is 12.1 Å². The summed E-state index contributed by atoms with van der Waals surface area (Å²) in [6.45, 7) is 6.08. The molecular formula is C17H27FN2. The summed E-state index contributed by atoms with van der Waals surface area (Å²) in [5, 5.41) is 0. The molecule has 0 bridgehead atoms. The van der Waals surface area contributed by atoms with Crippen LogP contribution in [-0.4, -0.2) is 29.6 Å². The van der Waals surface area contributed by atoms with Gasteiger partial charge in [-0.05, 0) is 50.8 Å². The predicted molar refractivity (Wildman–Crippen MR) is 82.2 cm³/mol. The van der Waals surface area contributed by atoms with Crippen molar-refractivity contribution in [2.45, 2.75) is 57.5 Å². The van der Waals surface area contributed by atoms with Crippen molar-refractivity contribution in [1.82, 2.24) is 4.90 Å². The Kier molecular flexibility index (Phi) is 5.17. The lowest BCUT2D eigenvalue weighted by molar-refractivity contribution is 0.0311. The van der Waals surface area contributed by atoms with E-state index < -0.39 is 0 Å². The van der Waals surface area contributed by atoms with Crippen LogP contribution in [0.15, 0.2) is 24.3 Å². The van der Waals surface area contributed by atoms with Gasteiger partial charge in [0.05, 0.1) is 0 Å². The second-order valence-corrected chi connectivity index (χ2v) is 6.22. The normalized spacial score (nSPS) is 23.5. The zero-order valence-electron chi connectivity index (χ0n) is 12.7. The first-order chi connectivity index (χ1) is 9.60. The van der Waals surface area contributed by atoms with Crippen LogP contribution in [0.5, 0.6) is 0 Å². The topological polar surface area (TPSA) is 29.3 Å². The molecule has 0 spiro atoms. The van der Waals surface area contributed by atoms with Crippen molar-refractivity contribution in [3.8, 4) is 0 Å². The van der Waals surface area contributed by atoms with E-state index in [9.17, 15) is 4.39 Å². The van der Waals surface area contributed by atoms with E-state index in [2.05, 4.69) is 18.7 Å². The van der Waals surface area contributed by atoms with Crippen molar-refractivity contribution in [2.75, 3.05) is 13.1 Å². The molecule has 0 saturated carbocycles. The minimum absolute atomic E-state index is 0.114. The summed E-state index contributed by atoms with van der Waals surface area (Å²) in [5.74, 6) is -0.114. The molecule has 1 saturated heterocycles. The van der Waals surface area contributed by atoms with E-state index in [1.54, 1.807) is 12.1 Å². The van der Waals surface area contributed by atoms with Crippen LogP contribution >= 0.6 is 0 Å². The van der Waals surface area contributed by atoms with Gasteiger partial charge in [-0.25, -0.2) is 4.39 Å². The first-order valence-corrected chi connectivity index (χ1v) is 7.81. The Morgan fingerprint density at radius 2 is 2.10 bits per heavy atom. The van der Waals surface area contributed by atoms with Crippen LogP contribution in [0.4, 0.5) is 4.39 Å². The minimum atomic E-state index is -0.150. The summed E-state index contributed by atoms with van der Waals surface area (Å²) in [6, 6.07) is 7.66. The van der Waals surface area contributed by atoms with Crippen molar-refractivity contribution < 1.29 is 4.39 Å². The lowest BCUT2D eigenvalue weighted by Crippen LogP contribution is -2.58. The maximum Gasteiger partial charge on any atom is 0.126 e. The number of benzene rings is 1. The first-order valence-electron chi connectivity index (χ1n) is 7.81. The Hall–Kier alpha value is -0.930. The van der Waals surface area contributed by atoms with Crippen LogP contribution < -0.4 is 5.73 Å². The van der Waals surface area contributed by atoms with Crippen LogP contribution in [0.25, 0.3) is 0 Å². The van der Waals surface area contributed by atoms with Crippen LogP contribution in [0.1, 0.15) is 45.1 Å². The number of halogens is 1. The van der Waals surface area contributed by atoms with Gasteiger partial charge in [-0.2, -0.15) is 0 Å². The molecule has 0 radical (unpaired) electrons. The van der Waals surface area contributed by atoms with Crippen molar-refractivity contribution >= 4 is 0 Å². The fourth-order valence-corrected chi connectivity index (χ4v) is 3.48. The second kappa shape index (κ2) is 6.68. The molecule has 2 atom stereocenters. The molecule has 1 aliphatic rings. The average Bonchev–Trinajstić information content (AvgIpc) is 2.49. The molecule has 1 fully saturated rings. The van der Waals surface area contributed by atoms with E-state index in [1.165, 1.54) is 19.3 Å². The molecule has 1 aliphatic heterocycles. The van der Waals surface area contributed by atoms with Crippen molar-refractivity contribution in [1.29, 1.82) is 0 Å². The number of hydrogen-bond acceptors (Lipinski definition) is 2. The van der Waals surface area contributed by atoms with Crippen LogP contribution in [0.2, 0.25) is 0 Å². The summed E-state index contributed by atoms with van der Waals surface area (Å²) >= 11 is 0. The molecule has 1 heterocycles. The summed E-state index contributed by atoms with van der Waals surface area (Å²) in [5.41, 5.74) is 6.72. The van der Waals surface area contributed by atoms with Gasteiger partial charge in [0.2, 0.25) is 0 Å². The maximum absolute atomic E-state index is 13.9. The monoisotopic (exact) mass is 278 g/mol. The Labute approximate surface area is 122 Å². The fraction of sp³-hybridized carbons (Fsp3) is 0.647. The van der Waals surface area contributed by atoms with Gasteiger partial charge in [-0.15, -0.1) is 0 Å². The van der Waals surface area contributed by atoms with Crippen LogP contribution in [0.3, 0.4) is 0 Å². The van der Waals surface area contributed by atoms with Crippen molar-refractivity contribution in [3.63, 3.8) is 0 Å². The molecule has 0 aromatic heterocycles. The lowest BCUT2D eigenvalue weighted by Gasteiger charge is -2.48.